The number of aromatic nitrogens is 1. The number of nitrogens with one attached hydrogen (secondary N) is 1. The van der Waals surface area contributed by atoms with Crippen molar-refractivity contribution in [1.29, 1.82) is 0 Å². The monoisotopic (exact) mass is 389 g/mol. The highest BCUT2D eigenvalue weighted by Gasteiger charge is 2.10. The third kappa shape index (κ3) is 4.93. The smallest absolute Gasteiger partial charge is 0.244 e. The van der Waals surface area contributed by atoms with Crippen LogP contribution in [0, 0.1) is 13.8 Å². The molecule has 1 heterocycles. The predicted molar refractivity (Wildman–Crippen MR) is 117 cm³/mol. The molecule has 1 amide bonds. The van der Waals surface area contributed by atoms with Crippen molar-refractivity contribution in [1.82, 2.24) is 9.99 Å². The number of methoxy groups -OCH3 is 1. The number of hydrogen-bond donors (Lipinski definition) is 1. The predicted octanol–water partition coefficient (Wildman–Crippen LogP) is 4.36. The molecule has 0 spiro atoms. The third-order valence-electron chi connectivity index (χ3n) is 4.96. The molecule has 29 heavy (non-hydrogen) atoms. The number of rotatable bonds is 7. The van der Waals surface area contributed by atoms with Gasteiger partial charge in [0.25, 0.3) is 0 Å². The molecule has 0 radical (unpaired) electrons. The zero-order valence-electron chi connectivity index (χ0n) is 17.4. The minimum Gasteiger partial charge on any atom is -0.497 e. The number of carbonyl (C=O) groups is 1. The Kier molecular flexibility index (Phi) is 6.50. The van der Waals surface area contributed by atoms with Gasteiger partial charge in [-0.2, -0.15) is 5.10 Å². The van der Waals surface area contributed by atoms with Crippen LogP contribution in [0.1, 0.15) is 35.0 Å². The summed E-state index contributed by atoms with van der Waals surface area (Å²) in [5.74, 6) is 0.566. The average Bonchev–Trinajstić information content (AvgIpc) is 3.01. The van der Waals surface area contributed by atoms with Crippen LogP contribution in [0.15, 0.2) is 59.7 Å². The Labute approximate surface area is 172 Å². The second-order valence-electron chi connectivity index (χ2n) is 7.00. The lowest BCUT2D eigenvalue weighted by Gasteiger charge is -2.10. The van der Waals surface area contributed by atoms with E-state index >= 15 is 0 Å². The minimum absolute atomic E-state index is 0.168. The van der Waals surface area contributed by atoms with Gasteiger partial charge in [-0.05, 0) is 61.7 Å². The number of amides is 1. The van der Waals surface area contributed by atoms with E-state index < -0.39 is 0 Å². The maximum Gasteiger partial charge on any atom is 0.244 e. The molecule has 2 aromatic carbocycles. The van der Waals surface area contributed by atoms with Gasteiger partial charge in [-0.3, -0.25) is 4.79 Å². The second-order valence-corrected chi connectivity index (χ2v) is 7.00. The summed E-state index contributed by atoms with van der Waals surface area (Å²) < 4.78 is 7.38. The fourth-order valence-corrected chi connectivity index (χ4v) is 3.38. The van der Waals surface area contributed by atoms with E-state index in [0.717, 1.165) is 40.4 Å². The number of benzene rings is 2. The molecule has 150 valence electrons. The number of aryl methyl sites for hydroxylation is 2. The summed E-state index contributed by atoms with van der Waals surface area (Å²) in [6, 6.07) is 18.1. The summed E-state index contributed by atoms with van der Waals surface area (Å²) in [5, 5.41) is 4.15. The Morgan fingerprint density at radius 1 is 1.10 bits per heavy atom. The van der Waals surface area contributed by atoms with Crippen molar-refractivity contribution in [2.75, 3.05) is 7.11 Å². The van der Waals surface area contributed by atoms with Crippen LogP contribution in [0.5, 0.6) is 5.75 Å². The maximum absolute atomic E-state index is 12.2. The Bertz CT molecular complexity index is 1020. The number of nitrogens with zero attached hydrogens (tertiary/aromatic N) is 2. The first-order valence-electron chi connectivity index (χ1n) is 9.75. The molecule has 0 aliphatic carbocycles. The quantitative estimate of drug-likeness (QED) is 0.482. The van der Waals surface area contributed by atoms with Crippen LogP contribution in [0.25, 0.3) is 5.69 Å². The van der Waals surface area contributed by atoms with Crippen LogP contribution in [-0.2, 0) is 17.6 Å². The summed E-state index contributed by atoms with van der Waals surface area (Å²) in [7, 11) is 1.61. The van der Waals surface area contributed by atoms with Gasteiger partial charge in [0.2, 0.25) is 5.91 Å². The van der Waals surface area contributed by atoms with Gasteiger partial charge in [-0.1, -0.05) is 31.2 Å². The van der Waals surface area contributed by atoms with E-state index in [4.69, 9.17) is 4.74 Å². The van der Waals surface area contributed by atoms with E-state index in [0.29, 0.717) is 0 Å². The van der Waals surface area contributed by atoms with Crippen molar-refractivity contribution in [3.8, 4) is 11.4 Å². The van der Waals surface area contributed by atoms with E-state index in [1.54, 1.807) is 13.3 Å². The molecule has 0 fully saturated rings. The SMILES string of the molecule is CCc1ccc(-n2c(C)cc(/C=N/NC(=O)Cc3cccc(OC)c3)c2C)cc1. The fraction of sp³-hybridized carbons (Fsp3) is 0.250. The van der Waals surface area contributed by atoms with Crippen LogP contribution in [0.3, 0.4) is 0 Å². The maximum atomic E-state index is 12.2. The highest BCUT2D eigenvalue weighted by atomic mass is 16.5. The zero-order chi connectivity index (χ0) is 20.8. The molecule has 0 atom stereocenters. The molecule has 5 heteroatoms. The van der Waals surface area contributed by atoms with Gasteiger partial charge < -0.3 is 9.30 Å². The first kappa shape index (κ1) is 20.4. The molecule has 1 N–H and O–H groups in total. The lowest BCUT2D eigenvalue weighted by atomic mass is 10.1. The molecule has 0 aliphatic heterocycles. The largest absolute Gasteiger partial charge is 0.497 e. The van der Waals surface area contributed by atoms with Gasteiger partial charge in [0.15, 0.2) is 0 Å². The molecule has 3 aromatic rings. The van der Waals surface area contributed by atoms with E-state index in [-0.39, 0.29) is 12.3 Å². The van der Waals surface area contributed by atoms with Gasteiger partial charge in [-0.25, -0.2) is 5.43 Å². The standard InChI is InChI=1S/C24H27N3O2/c1-5-19-9-11-22(12-10-19)27-17(2)13-21(18(27)3)16-25-26-24(28)15-20-7-6-8-23(14-20)29-4/h6-14,16H,5,15H2,1-4H3,(H,26,28)/b25-16+. The summed E-state index contributed by atoms with van der Waals surface area (Å²) in [5.41, 5.74) is 9.11. The normalized spacial score (nSPS) is 11.0. The Morgan fingerprint density at radius 2 is 1.86 bits per heavy atom. The molecule has 0 unspecified atom stereocenters. The fourth-order valence-electron chi connectivity index (χ4n) is 3.38. The molecule has 0 saturated heterocycles. The van der Waals surface area contributed by atoms with Gasteiger partial charge in [0.05, 0.1) is 19.7 Å². The van der Waals surface area contributed by atoms with Crippen molar-refractivity contribution in [3.63, 3.8) is 0 Å². The van der Waals surface area contributed by atoms with Gasteiger partial charge >= 0.3 is 0 Å². The summed E-state index contributed by atoms with van der Waals surface area (Å²) in [6.07, 6.45) is 2.97. The van der Waals surface area contributed by atoms with E-state index in [2.05, 4.69) is 66.2 Å². The number of hydrazone groups is 1. The number of ether oxygens (including phenoxy) is 1. The molecular weight excluding hydrogens is 362 g/mol. The number of carbonyl (C=O) groups excluding carboxylic acids is 1. The molecular formula is C24H27N3O2. The first-order valence-corrected chi connectivity index (χ1v) is 9.75. The third-order valence-corrected chi connectivity index (χ3v) is 4.96. The molecule has 0 bridgehead atoms. The van der Waals surface area contributed by atoms with Crippen LogP contribution < -0.4 is 10.2 Å². The summed E-state index contributed by atoms with van der Waals surface area (Å²) in [6.45, 7) is 6.28. The van der Waals surface area contributed by atoms with Gasteiger partial charge in [0.1, 0.15) is 5.75 Å². The zero-order valence-corrected chi connectivity index (χ0v) is 17.4. The van der Waals surface area contributed by atoms with E-state index in [1.807, 2.05) is 24.3 Å². The first-order chi connectivity index (χ1) is 14.0. The van der Waals surface area contributed by atoms with Crippen LogP contribution >= 0.6 is 0 Å². The second kappa shape index (κ2) is 9.24. The highest BCUT2D eigenvalue weighted by molar-refractivity contribution is 5.84. The van der Waals surface area contributed by atoms with Crippen LogP contribution in [-0.4, -0.2) is 23.8 Å². The Morgan fingerprint density at radius 3 is 2.55 bits per heavy atom. The number of hydrogen-bond acceptors (Lipinski definition) is 3. The van der Waals surface area contributed by atoms with Gasteiger partial charge in [-0.15, -0.1) is 0 Å². The van der Waals surface area contributed by atoms with E-state index in [9.17, 15) is 4.79 Å². The summed E-state index contributed by atoms with van der Waals surface area (Å²) in [4.78, 5) is 12.2. The molecule has 3 rings (SSSR count). The van der Waals surface area contributed by atoms with Crippen molar-refractivity contribution in [2.24, 2.45) is 5.10 Å². The lowest BCUT2D eigenvalue weighted by molar-refractivity contribution is -0.120. The molecule has 0 aliphatic rings. The highest BCUT2D eigenvalue weighted by Crippen LogP contribution is 2.20. The molecule has 0 saturated carbocycles. The minimum atomic E-state index is -0.168. The van der Waals surface area contributed by atoms with Crippen molar-refractivity contribution >= 4 is 12.1 Å². The van der Waals surface area contributed by atoms with Gasteiger partial charge in [0, 0.05) is 22.6 Å². The summed E-state index contributed by atoms with van der Waals surface area (Å²) >= 11 is 0. The van der Waals surface area contributed by atoms with Crippen LogP contribution in [0.2, 0.25) is 0 Å². The van der Waals surface area contributed by atoms with Crippen molar-refractivity contribution in [2.45, 2.75) is 33.6 Å². The van der Waals surface area contributed by atoms with Crippen molar-refractivity contribution < 1.29 is 9.53 Å². The Hall–Kier alpha value is -3.34. The van der Waals surface area contributed by atoms with E-state index in [1.165, 1.54) is 5.56 Å². The Balaban J connectivity index is 1.68. The average molecular weight is 389 g/mol. The lowest BCUT2D eigenvalue weighted by Crippen LogP contribution is -2.19. The molecule has 5 nitrogen and oxygen atoms in total. The van der Waals surface area contributed by atoms with Crippen LogP contribution in [0.4, 0.5) is 0 Å². The molecule has 1 aromatic heterocycles. The topological polar surface area (TPSA) is 55.6 Å². The van der Waals surface area contributed by atoms with Crippen molar-refractivity contribution in [3.05, 3.63) is 82.7 Å².